The van der Waals surface area contributed by atoms with E-state index in [1.54, 1.807) is 0 Å². The third kappa shape index (κ3) is 2.49. The van der Waals surface area contributed by atoms with Gasteiger partial charge in [0.2, 0.25) is 0 Å². The number of hydrogen-bond donors (Lipinski definition) is 0. The second-order valence-corrected chi connectivity index (χ2v) is 7.43. The first-order valence-corrected chi connectivity index (χ1v) is 9.08. The molecule has 0 bridgehead atoms. The van der Waals surface area contributed by atoms with Gasteiger partial charge >= 0.3 is 0 Å². The Kier molecular flexibility index (Phi) is 3.68. The zero-order chi connectivity index (χ0) is 14.2. The van der Waals surface area contributed by atoms with E-state index in [0.29, 0.717) is 5.92 Å². The summed E-state index contributed by atoms with van der Waals surface area (Å²) in [5, 5.41) is 0.830. The van der Waals surface area contributed by atoms with Crippen LogP contribution in [0.4, 0.5) is 0 Å². The molecule has 1 aromatic rings. The molecule has 1 nitrogen and oxygen atoms in total. The number of rotatable bonds is 1. The molecule has 0 radical (unpaired) electrons. The van der Waals surface area contributed by atoms with Crippen LogP contribution in [0.5, 0.6) is 0 Å². The topological polar surface area (TPSA) is 12.4 Å². The van der Waals surface area contributed by atoms with E-state index in [1.807, 2.05) is 17.8 Å². The van der Waals surface area contributed by atoms with Crippen LogP contribution in [0.25, 0.3) is 0 Å². The van der Waals surface area contributed by atoms with Crippen molar-refractivity contribution in [2.45, 2.75) is 38.0 Å². The quantitative estimate of drug-likeness (QED) is 0.645. The first-order chi connectivity index (χ1) is 10.3. The summed E-state index contributed by atoms with van der Waals surface area (Å²) in [5.74, 6) is 1.59. The number of nitrogens with zero attached hydrogens (tertiary/aromatic N) is 1. The minimum atomic E-state index is 0.372. The molecule has 3 heteroatoms. The van der Waals surface area contributed by atoms with Crippen LogP contribution >= 0.6 is 23.4 Å². The molecule has 2 aliphatic heterocycles. The second-order valence-electron chi connectivity index (χ2n) is 5.86. The van der Waals surface area contributed by atoms with Crippen molar-refractivity contribution in [2.75, 3.05) is 5.75 Å². The van der Waals surface area contributed by atoms with Gasteiger partial charge in [-0.1, -0.05) is 29.8 Å². The number of fused-ring (bicyclic) bond motifs is 1. The van der Waals surface area contributed by atoms with Crippen molar-refractivity contribution in [1.29, 1.82) is 0 Å². The minimum absolute atomic E-state index is 0.372. The van der Waals surface area contributed by atoms with Gasteiger partial charge in [0.15, 0.2) is 0 Å². The van der Waals surface area contributed by atoms with Crippen molar-refractivity contribution < 1.29 is 0 Å². The lowest BCUT2D eigenvalue weighted by atomic mass is 9.80. The molecule has 0 fully saturated rings. The molecule has 0 spiro atoms. The summed E-state index contributed by atoms with van der Waals surface area (Å²) < 4.78 is 0. The highest BCUT2D eigenvalue weighted by atomic mass is 35.5. The Bertz CT molecular complexity index is 672. The van der Waals surface area contributed by atoms with Crippen molar-refractivity contribution in [3.8, 4) is 0 Å². The highest BCUT2D eigenvalue weighted by Crippen LogP contribution is 2.49. The predicted molar refractivity (Wildman–Crippen MR) is 92.3 cm³/mol. The fourth-order valence-electron chi connectivity index (χ4n) is 3.50. The minimum Gasteiger partial charge on any atom is -0.257 e. The van der Waals surface area contributed by atoms with Crippen molar-refractivity contribution in [3.05, 3.63) is 57.1 Å². The first kappa shape index (κ1) is 13.7. The van der Waals surface area contributed by atoms with Gasteiger partial charge in [0.25, 0.3) is 0 Å². The summed E-state index contributed by atoms with van der Waals surface area (Å²) in [5.41, 5.74) is 5.43. The standard InChI is InChI=1S/C18H18ClNS/c19-13-6-3-5-12(11-13)17-14-7-1-2-8-15(14)20-16-9-4-10-21-18(16)17/h3,5-7,11,17H,1-2,4,8-10H2. The average molecular weight is 316 g/mol. The molecule has 1 aromatic carbocycles. The number of benzene rings is 1. The Hall–Kier alpha value is -0.990. The monoisotopic (exact) mass is 315 g/mol. The third-order valence-electron chi connectivity index (χ3n) is 4.44. The molecule has 108 valence electrons. The van der Waals surface area contributed by atoms with E-state index in [2.05, 4.69) is 24.3 Å². The Morgan fingerprint density at radius 2 is 2.14 bits per heavy atom. The maximum atomic E-state index is 6.24. The van der Waals surface area contributed by atoms with Crippen molar-refractivity contribution in [3.63, 3.8) is 0 Å². The van der Waals surface area contributed by atoms with E-state index >= 15 is 0 Å². The molecule has 3 aliphatic rings. The molecule has 0 aromatic heterocycles. The summed E-state index contributed by atoms with van der Waals surface area (Å²) in [6.45, 7) is 0. The maximum Gasteiger partial charge on any atom is 0.0511 e. The van der Waals surface area contributed by atoms with E-state index < -0.39 is 0 Å². The van der Waals surface area contributed by atoms with Crippen LogP contribution in [0.15, 0.2) is 51.5 Å². The molecule has 0 saturated heterocycles. The highest BCUT2D eigenvalue weighted by Gasteiger charge is 2.33. The SMILES string of the molecule is Clc1cccc(C2C3=CCCCC3=NC3=C2SCCC3)c1. The van der Waals surface area contributed by atoms with E-state index in [0.717, 1.165) is 17.9 Å². The van der Waals surface area contributed by atoms with Crippen LogP contribution in [0.1, 0.15) is 43.6 Å². The fraction of sp³-hybridized carbons (Fsp3) is 0.389. The summed E-state index contributed by atoms with van der Waals surface area (Å²) in [6, 6.07) is 8.38. The number of aliphatic imine (C=N–C) groups is 1. The zero-order valence-electron chi connectivity index (χ0n) is 11.9. The number of hydrogen-bond acceptors (Lipinski definition) is 2. The van der Waals surface area contributed by atoms with Crippen LogP contribution in [-0.4, -0.2) is 11.5 Å². The van der Waals surface area contributed by atoms with Gasteiger partial charge < -0.3 is 0 Å². The summed E-state index contributed by atoms with van der Waals surface area (Å²) in [6.07, 6.45) is 8.34. The third-order valence-corrected chi connectivity index (χ3v) is 5.95. The van der Waals surface area contributed by atoms with Gasteiger partial charge in [0.05, 0.1) is 5.70 Å². The lowest BCUT2D eigenvalue weighted by Gasteiger charge is -2.34. The van der Waals surface area contributed by atoms with Gasteiger partial charge in [-0.3, -0.25) is 4.99 Å². The van der Waals surface area contributed by atoms with Gasteiger partial charge in [0, 0.05) is 21.6 Å². The molecular formula is C18H18ClNS. The van der Waals surface area contributed by atoms with Gasteiger partial charge in [-0.05, 0) is 61.1 Å². The first-order valence-electron chi connectivity index (χ1n) is 7.72. The molecule has 0 N–H and O–H groups in total. The van der Waals surface area contributed by atoms with Gasteiger partial charge in [-0.2, -0.15) is 0 Å². The van der Waals surface area contributed by atoms with Crippen LogP contribution in [0.2, 0.25) is 5.02 Å². The number of thioether (sulfide) groups is 1. The van der Waals surface area contributed by atoms with Crippen molar-refractivity contribution in [2.24, 2.45) is 4.99 Å². The van der Waals surface area contributed by atoms with Crippen LogP contribution in [0, 0.1) is 0 Å². The van der Waals surface area contributed by atoms with E-state index in [9.17, 15) is 0 Å². The maximum absolute atomic E-state index is 6.24. The molecule has 1 atom stereocenters. The number of allylic oxidation sites excluding steroid dienone is 4. The molecular weight excluding hydrogens is 298 g/mol. The summed E-state index contributed by atoms with van der Waals surface area (Å²) >= 11 is 8.24. The zero-order valence-corrected chi connectivity index (χ0v) is 13.5. The predicted octanol–water partition coefficient (Wildman–Crippen LogP) is 5.73. The lowest BCUT2D eigenvalue weighted by Crippen LogP contribution is -2.22. The molecule has 1 aliphatic carbocycles. The van der Waals surface area contributed by atoms with Crippen LogP contribution in [0.3, 0.4) is 0 Å². The summed E-state index contributed by atoms with van der Waals surface area (Å²) in [7, 11) is 0. The largest absolute Gasteiger partial charge is 0.257 e. The van der Waals surface area contributed by atoms with Crippen LogP contribution < -0.4 is 0 Å². The Morgan fingerprint density at radius 3 is 3.05 bits per heavy atom. The van der Waals surface area contributed by atoms with Gasteiger partial charge in [0.1, 0.15) is 0 Å². The smallest absolute Gasteiger partial charge is 0.0511 e. The molecule has 2 heterocycles. The van der Waals surface area contributed by atoms with Gasteiger partial charge in [-0.25, -0.2) is 0 Å². The van der Waals surface area contributed by atoms with Crippen molar-refractivity contribution in [1.82, 2.24) is 0 Å². The molecule has 0 saturated carbocycles. The summed E-state index contributed by atoms with van der Waals surface area (Å²) in [4.78, 5) is 6.47. The number of halogens is 1. The van der Waals surface area contributed by atoms with E-state index in [4.69, 9.17) is 16.6 Å². The highest BCUT2D eigenvalue weighted by molar-refractivity contribution is 8.03. The lowest BCUT2D eigenvalue weighted by molar-refractivity contribution is 0.793. The molecule has 4 rings (SSSR count). The second kappa shape index (κ2) is 5.66. The Morgan fingerprint density at radius 1 is 1.19 bits per heavy atom. The van der Waals surface area contributed by atoms with Crippen LogP contribution in [-0.2, 0) is 0 Å². The molecule has 21 heavy (non-hydrogen) atoms. The van der Waals surface area contributed by atoms with Crippen molar-refractivity contribution >= 4 is 29.1 Å². The molecule has 0 amide bonds. The Labute approximate surface area is 135 Å². The average Bonchev–Trinajstić information content (AvgIpc) is 2.52. The normalized spacial score (nSPS) is 24.9. The van der Waals surface area contributed by atoms with Gasteiger partial charge in [-0.15, -0.1) is 11.8 Å². The molecule has 1 unspecified atom stereocenters. The Balaban J connectivity index is 1.87. The van der Waals surface area contributed by atoms with E-state index in [1.165, 1.54) is 52.5 Å². The van der Waals surface area contributed by atoms with E-state index in [-0.39, 0.29) is 0 Å². The fourth-order valence-corrected chi connectivity index (χ4v) is 4.96.